The van der Waals surface area contributed by atoms with E-state index >= 15 is 0 Å². The Kier molecular flexibility index (Phi) is 8.89. The second kappa shape index (κ2) is 9.16. The van der Waals surface area contributed by atoms with E-state index < -0.39 is 0 Å². The zero-order chi connectivity index (χ0) is 10.8. The van der Waals surface area contributed by atoms with Crippen LogP contribution < -0.4 is 0 Å². The third-order valence-corrected chi connectivity index (χ3v) is 2.21. The number of ketones is 1. The summed E-state index contributed by atoms with van der Waals surface area (Å²) in [5.74, 6) is 0.298. The quantitative estimate of drug-likeness (QED) is 0.532. The number of methoxy groups -OCH3 is 1. The Morgan fingerprint density at radius 2 is 1.86 bits per heavy atom. The van der Waals surface area contributed by atoms with Crippen molar-refractivity contribution in [3.63, 3.8) is 0 Å². The average Bonchev–Trinajstić information content (AvgIpc) is 2.13. The van der Waals surface area contributed by atoms with Crippen LogP contribution >= 0.6 is 0 Å². The molecule has 0 saturated carbocycles. The minimum Gasteiger partial charge on any atom is -0.385 e. The van der Waals surface area contributed by atoms with Gasteiger partial charge in [-0.05, 0) is 39.8 Å². The van der Waals surface area contributed by atoms with Crippen molar-refractivity contribution in [2.24, 2.45) is 0 Å². The summed E-state index contributed by atoms with van der Waals surface area (Å²) in [5, 5.41) is 0. The predicted molar refractivity (Wildman–Crippen MR) is 58.5 cm³/mol. The molecule has 0 aromatic carbocycles. The molecule has 0 atom stereocenters. The molecule has 0 unspecified atom stereocenters. The lowest BCUT2D eigenvalue weighted by atomic mass is 10.2. The summed E-state index contributed by atoms with van der Waals surface area (Å²) in [6.45, 7) is 4.64. The molecule has 0 radical (unpaired) electrons. The summed E-state index contributed by atoms with van der Waals surface area (Å²) in [7, 11) is 3.84. The van der Waals surface area contributed by atoms with Crippen LogP contribution in [0.15, 0.2) is 0 Å². The summed E-state index contributed by atoms with van der Waals surface area (Å²) in [4.78, 5) is 13.0. The molecule has 84 valence electrons. The Bertz CT molecular complexity index is 148. The second-order valence-electron chi connectivity index (χ2n) is 3.81. The van der Waals surface area contributed by atoms with Gasteiger partial charge in [-0.25, -0.2) is 0 Å². The summed E-state index contributed by atoms with van der Waals surface area (Å²) in [5.41, 5.74) is 0. The first-order chi connectivity index (χ1) is 6.66. The molecular formula is C11H23NO2. The van der Waals surface area contributed by atoms with E-state index in [1.54, 1.807) is 14.0 Å². The predicted octanol–water partition coefficient (Wildman–Crippen LogP) is 1.71. The van der Waals surface area contributed by atoms with Gasteiger partial charge in [0, 0.05) is 26.7 Å². The van der Waals surface area contributed by atoms with E-state index in [4.69, 9.17) is 4.74 Å². The van der Waals surface area contributed by atoms with Gasteiger partial charge in [-0.1, -0.05) is 0 Å². The van der Waals surface area contributed by atoms with E-state index in [2.05, 4.69) is 11.9 Å². The lowest BCUT2D eigenvalue weighted by Crippen LogP contribution is -2.21. The van der Waals surface area contributed by atoms with Gasteiger partial charge in [0.1, 0.15) is 5.78 Å². The zero-order valence-corrected chi connectivity index (χ0v) is 9.71. The number of unbranched alkanes of at least 4 members (excludes halogenated alkanes) is 1. The fourth-order valence-corrected chi connectivity index (χ4v) is 1.35. The third-order valence-electron chi connectivity index (χ3n) is 2.21. The topological polar surface area (TPSA) is 29.5 Å². The molecule has 14 heavy (non-hydrogen) atoms. The molecule has 0 aliphatic heterocycles. The molecule has 0 amide bonds. The summed E-state index contributed by atoms with van der Waals surface area (Å²) < 4.78 is 4.98. The molecule has 0 aliphatic rings. The molecule has 0 fully saturated rings. The van der Waals surface area contributed by atoms with Gasteiger partial charge in [0.15, 0.2) is 0 Å². The highest BCUT2D eigenvalue weighted by Crippen LogP contribution is 1.98. The van der Waals surface area contributed by atoms with Crippen molar-refractivity contribution in [1.82, 2.24) is 4.90 Å². The van der Waals surface area contributed by atoms with Crippen LogP contribution in [0.25, 0.3) is 0 Å². The number of hydrogen-bond donors (Lipinski definition) is 0. The highest BCUT2D eigenvalue weighted by molar-refractivity contribution is 5.75. The lowest BCUT2D eigenvalue weighted by molar-refractivity contribution is -0.117. The molecular weight excluding hydrogens is 178 g/mol. The van der Waals surface area contributed by atoms with E-state index in [0.29, 0.717) is 5.78 Å². The Morgan fingerprint density at radius 3 is 2.43 bits per heavy atom. The molecule has 0 aromatic heterocycles. The largest absolute Gasteiger partial charge is 0.385 e. The minimum atomic E-state index is 0.298. The highest BCUT2D eigenvalue weighted by Gasteiger charge is 1.98. The number of nitrogens with zero attached hydrogens (tertiary/aromatic N) is 1. The van der Waals surface area contributed by atoms with Crippen LogP contribution in [0.3, 0.4) is 0 Å². The van der Waals surface area contributed by atoms with Gasteiger partial charge in [-0.2, -0.15) is 0 Å². The first kappa shape index (κ1) is 13.6. The molecule has 3 nitrogen and oxygen atoms in total. The van der Waals surface area contributed by atoms with Crippen molar-refractivity contribution in [1.29, 1.82) is 0 Å². The number of Topliss-reactive ketones (excluding diaryl/α,β-unsaturated/α-hetero) is 1. The van der Waals surface area contributed by atoms with Crippen molar-refractivity contribution in [3.05, 3.63) is 0 Å². The Labute approximate surface area is 87.4 Å². The summed E-state index contributed by atoms with van der Waals surface area (Å²) >= 11 is 0. The fourth-order valence-electron chi connectivity index (χ4n) is 1.35. The first-order valence-electron chi connectivity index (χ1n) is 5.33. The molecule has 0 heterocycles. The van der Waals surface area contributed by atoms with Crippen LogP contribution in [0.5, 0.6) is 0 Å². The van der Waals surface area contributed by atoms with Crippen LogP contribution in [0, 0.1) is 0 Å². The van der Waals surface area contributed by atoms with Gasteiger partial charge in [-0.15, -0.1) is 0 Å². The number of ether oxygens (including phenoxy) is 1. The molecule has 0 aliphatic carbocycles. The van der Waals surface area contributed by atoms with Gasteiger partial charge < -0.3 is 14.4 Å². The molecule has 0 N–H and O–H groups in total. The van der Waals surface area contributed by atoms with E-state index in [1.807, 2.05) is 0 Å². The van der Waals surface area contributed by atoms with Crippen LogP contribution in [-0.4, -0.2) is 44.5 Å². The van der Waals surface area contributed by atoms with Gasteiger partial charge in [-0.3, -0.25) is 0 Å². The maximum Gasteiger partial charge on any atom is 0.129 e. The minimum absolute atomic E-state index is 0.298. The van der Waals surface area contributed by atoms with Crippen molar-refractivity contribution in [2.45, 2.75) is 32.6 Å². The van der Waals surface area contributed by atoms with Crippen LogP contribution in [0.2, 0.25) is 0 Å². The fraction of sp³-hybridized carbons (Fsp3) is 0.909. The normalized spacial score (nSPS) is 10.9. The Hall–Kier alpha value is -0.410. The van der Waals surface area contributed by atoms with E-state index in [1.165, 1.54) is 0 Å². The SMILES string of the molecule is COCCCN(C)CCCCC(C)=O. The van der Waals surface area contributed by atoms with Gasteiger partial charge >= 0.3 is 0 Å². The van der Waals surface area contributed by atoms with Gasteiger partial charge in [0.05, 0.1) is 0 Å². The maximum atomic E-state index is 10.7. The van der Waals surface area contributed by atoms with Crippen molar-refractivity contribution in [2.75, 3.05) is 33.9 Å². The standard InChI is InChI=1S/C11H23NO2/c1-11(13)7-4-5-8-12(2)9-6-10-14-3/h4-10H2,1-3H3. The molecule has 0 bridgehead atoms. The number of rotatable bonds is 9. The Balaban J connectivity index is 3.18. The second-order valence-corrected chi connectivity index (χ2v) is 3.81. The van der Waals surface area contributed by atoms with Crippen molar-refractivity contribution < 1.29 is 9.53 Å². The molecule has 3 heteroatoms. The molecule has 0 saturated heterocycles. The van der Waals surface area contributed by atoms with E-state index in [9.17, 15) is 4.79 Å². The summed E-state index contributed by atoms with van der Waals surface area (Å²) in [6, 6.07) is 0. The van der Waals surface area contributed by atoms with Crippen LogP contribution in [0.4, 0.5) is 0 Å². The first-order valence-corrected chi connectivity index (χ1v) is 5.33. The van der Waals surface area contributed by atoms with Crippen molar-refractivity contribution in [3.8, 4) is 0 Å². The number of carbonyl (C=O) groups is 1. The zero-order valence-electron chi connectivity index (χ0n) is 9.71. The molecule has 0 aromatic rings. The maximum absolute atomic E-state index is 10.7. The van der Waals surface area contributed by atoms with E-state index in [-0.39, 0.29) is 0 Å². The smallest absolute Gasteiger partial charge is 0.129 e. The van der Waals surface area contributed by atoms with Gasteiger partial charge in [0.2, 0.25) is 0 Å². The number of hydrogen-bond acceptors (Lipinski definition) is 3. The van der Waals surface area contributed by atoms with Gasteiger partial charge in [0.25, 0.3) is 0 Å². The molecule has 0 rings (SSSR count). The van der Waals surface area contributed by atoms with Crippen LogP contribution in [-0.2, 0) is 9.53 Å². The summed E-state index contributed by atoms with van der Waals surface area (Å²) in [6.07, 6.45) is 3.94. The highest BCUT2D eigenvalue weighted by atomic mass is 16.5. The Morgan fingerprint density at radius 1 is 1.21 bits per heavy atom. The lowest BCUT2D eigenvalue weighted by Gasteiger charge is -2.15. The number of carbonyl (C=O) groups excluding carboxylic acids is 1. The third kappa shape index (κ3) is 9.68. The van der Waals surface area contributed by atoms with Crippen molar-refractivity contribution >= 4 is 5.78 Å². The van der Waals surface area contributed by atoms with E-state index in [0.717, 1.165) is 45.4 Å². The van der Waals surface area contributed by atoms with Crippen LogP contribution in [0.1, 0.15) is 32.6 Å². The monoisotopic (exact) mass is 201 g/mol. The molecule has 0 spiro atoms. The average molecular weight is 201 g/mol.